The lowest BCUT2D eigenvalue weighted by Crippen LogP contribution is -2.51. The van der Waals surface area contributed by atoms with E-state index in [1.54, 1.807) is 4.68 Å². The van der Waals surface area contributed by atoms with Crippen LogP contribution >= 0.6 is 0 Å². The molecule has 7 heteroatoms. The van der Waals surface area contributed by atoms with Crippen molar-refractivity contribution in [2.45, 2.75) is 65.2 Å². The zero-order valence-electron chi connectivity index (χ0n) is 22.5. The van der Waals surface area contributed by atoms with Gasteiger partial charge in [0.1, 0.15) is 18.1 Å². The van der Waals surface area contributed by atoms with Crippen molar-refractivity contribution in [3.8, 4) is 5.75 Å². The molecule has 0 radical (unpaired) electrons. The number of benzene rings is 1. The Hall–Kier alpha value is -2.83. The molecule has 1 spiro atoms. The van der Waals surface area contributed by atoms with Crippen molar-refractivity contribution in [1.29, 1.82) is 0 Å². The molecular formula is C29H42N4O3. The highest BCUT2D eigenvalue weighted by atomic mass is 16.5. The lowest BCUT2D eigenvalue weighted by molar-refractivity contribution is -0.144. The van der Waals surface area contributed by atoms with Crippen molar-refractivity contribution < 1.29 is 14.3 Å². The molecule has 3 heterocycles. The third-order valence-electron chi connectivity index (χ3n) is 7.83. The molecule has 36 heavy (non-hydrogen) atoms. The van der Waals surface area contributed by atoms with Crippen LogP contribution in [0.3, 0.4) is 0 Å². The van der Waals surface area contributed by atoms with Crippen LogP contribution in [0.25, 0.3) is 0 Å². The maximum Gasteiger partial charge on any atom is 0.272 e. The number of carbonyl (C=O) groups is 2. The van der Waals surface area contributed by atoms with Crippen molar-refractivity contribution in [3.05, 3.63) is 47.3 Å². The van der Waals surface area contributed by atoms with Gasteiger partial charge in [-0.05, 0) is 62.1 Å². The molecule has 2 aliphatic rings. The zero-order chi connectivity index (χ0) is 25.7. The van der Waals surface area contributed by atoms with E-state index < -0.39 is 5.41 Å². The minimum absolute atomic E-state index is 0.0199. The number of hydrogen-bond acceptors (Lipinski definition) is 4. The highest BCUT2D eigenvalue weighted by molar-refractivity contribution is 5.93. The number of likely N-dealkylation sites (tertiary alicyclic amines) is 1. The summed E-state index contributed by atoms with van der Waals surface area (Å²) < 4.78 is 7.78. The second-order valence-corrected chi connectivity index (χ2v) is 11.1. The topological polar surface area (TPSA) is 67.7 Å². The number of aryl methyl sites for hydroxylation is 2. The predicted molar refractivity (Wildman–Crippen MR) is 141 cm³/mol. The number of hydrogen-bond donors (Lipinski definition) is 0. The summed E-state index contributed by atoms with van der Waals surface area (Å²) in [6.07, 6.45) is 7.35. The number of ether oxygens (including phenoxy) is 1. The molecule has 2 amide bonds. The Morgan fingerprint density at radius 1 is 1.06 bits per heavy atom. The first-order valence-electron chi connectivity index (χ1n) is 13.6. The Kier molecular flexibility index (Phi) is 8.37. The number of fused-ring (bicyclic) bond motifs is 1. The largest absolute Gasteiger partial charge is 0.491 e. The summed E-state index contributed by atoms with van der Waals surface area (Å²) >= 11 is 0. The first-order valence-corrected chi connectivity index (χ1v) is 13.6. The second kappa shape index (κ2) is 11.5. The van der Waals surface area contributed by atoms with E-state index >= 15 is 0 Å². The van der Waals surface area contributed by atoms with Gasteiger partial charge in [-0.1, -0.05) is 44.9 Å². The van der Waals surface area contributed by atoms with Crippen molar-refractivity contribution in [2.75, 3.05) is 33.3 Å². The third kappa shape index (κ3) is 5.93. The molecule has 1 aromatic carbocycles. The van der Waals surface area contributed by atoms with Gasteiger partial charge in [0.2, 0.25) is 5.91 Å². The Morgan fingerprint density at radius 3 is 2.56 bits per heavy atom. The number of aromatic nitrogens is 2. The smallest absolute Gasteiger partial charge is 0.272 e. The molecule has 4 rings (SSSR count). The molecule has 0 atom stereocenters. The molecule has 1 fully saturated rings. The van der Waals surface area contributed by atoms with Crippen LogP contribution in [-0.4, -0.2) is 64.7 Å². The summed E-state index contributed by atoms with van der Waals surface area (Å²) in [4.78, 5) is 30.8. The quantitative estimate of drug-likeness (QED) is 0.630. The molecule has 0 bridgehead atoms. The van der Waals surface area contributed by atoms with Crippen LogP contribution in [0, 0.1) is 11.3 Å². The minimum Gasteiger partial charge on any atom is -0.491 e. The van der Waals surface area contributed by atoms with E-state index in [2.05, 4.69) is 31.1 Å². The summed E-state index contributed by atoms with van der Waals surface area (Å²) in [7, 11) is 3.74. The van der Waals surface area contributed by atoms with Crippen LogP contribution in [0.1, 0.15) is 74.1 Å². The average Bonchev–Trinajstić information content (AvgIpc) is 3.22. The molecule has 2 aromatic rings. The van der Waals surface area contributed by atoms with Crippen LogP contribution in [0.2, 0.25) is 0 Å². The average molecular weight is 495 g/mol. The Morgan fingerprint density at radius 2 is 1.81 bits per heavy atom. The van der Waals surface area contributed by atoms with Gasteiger partial charge in [0, 0.05) is 27.2 Å². The highest BCUT2D eigenvalue weighted by Crippen LogP contribution is 2.39. The maximum absolute atomic E-state index is 13.7. The van der Waals surface area contributed by atoms with E-state index in [1.165, 1.54) is 5.56 Å². The van der Waals surface area contributed by atoms with E-state index in [4.69, 9.17) is 4.74 Å². The zero-order valence-corrected chi connectivity index (χ0v) is 22.5. The van der Waals surface area contributed by atoms with E-state index in [1.807, 2.05) is 42.1 Å². The van der Waals surface area contributed by atoms with Gasteiger partial charge in [0.05, 0.1) is 17.7 Å². The van der Waals surface area contributed by atoms with E-state index in [0.717, 1.165) is 50.0 Å². The molecule has 0 N–H and O–H groups in total. The molecule has 0 aliphatic carbocycles. The minimum atomic E-state index is -0.401. The monoisotopic (exact) mass is 494 g/mol. The van der Waals surface area contributed by atoms with Crippen LogP contribution in [0.5, 0.6) is 5.75 Å². The molecule has 1 saturated heterocycles. The fourth-order valence-electron chi connectivity index (χ4n) is 5.72. The number of amides is 2. The van der Waals surface area contributed by atoms with Gasteiger partial charge in [-0.3, -0.25) is 14.3 Å². The van der Waals surface area contributed by atoms with Crippen LogP contribution in [0.15, 0.2) is 30.3 Å². The molecule has 7 nitrogen and oxygen atoms in total. The normalized spacial score (nSPS) is 19.3. The lowest BCUT2D eigenvalue weighted by atomic mass is 9.73. The summed E-state index contributed by atoms with van der Waals surface area (Å²) in [5, 5.41) is 4.55. The van der Waals surface area contributed by atoms with E-state index in [-0.39, 0.29) is 11.8 Å². The van der Waals surface area contributed by atoms with Crippen LogP contribution < -0.4 is 4.74 Å². The van der Waals surface area contributed by atoms with Gasteiger partial charge in [-0.2, -0.15) is 5.10 Å². The summed E-state index contributed by atoms with van der Waals surface area (Å²) in [5.41, 5.74) is 2.44. The third-order valence-corrected chi connectivity index (χ3v) is 7.83. The number of rotatable bonds is 3. The van der Waals surface area contributed by atoms with Gasteiger partial charge in [-0.15, -0.1) is 0 Å². The van der Waals surface area contributed by atoms with Gasteiger partial charge in [0.25, 0.3) is 5.91 Å². The van der Waals surface area contributed by atoms with Crippen molar-refractivity contribution in [1.82, 2.24) is 19.6 Å². The first-order chi connectivity index (χ1) is 17.3. The number of para-hydroxylation sites is 1. The van der Waals surface area contributed by atoms with Crippen molar-refractivity contribution in [3.63, 3.8) is 0 Å². The summed E-state index contributed by atoms with van der Waals surface area (Å²) in [6, 6.07) is 10.2. The number of nitrogens with zero attached hydrogens (tertiary/aromatic N) is 4. The molecular weight excluding hydrogens is 452 g/mol. The van der Waals surface area contributed by atoms with Gasteiger partial charge < -0.3 is 14.5 Å². The molecule has 0 saturated carbocycles. The van der Waals surface area contributed by atoms with Crippen LogP contribution in [-0.2, 0) is 24.7 Å². The fraction of sp³-hybridized carbons (Fsp3) is 0.621. The van der Waals surface area contributed by atoms with E-state index in [9.17, 15) is 9.59 Å². The summed E-state index contributed by atoms with van der Waals surface area (Å²) in [5.74, 6) is 1.65. The molecule has 2 aliphatic heterocycles. The van der Waals surface area contributed by atoms with Gasteiger partial charge >= 0.3 is 0 Å². The molecule has 0 unspecified atom stereocenters. The van der Waals surface area contributed by atoms with Crippen LogP contribution in [0.4, 0.5) is 0 Å². The first kappa shape index (κ1) is 26.2. The van der Waals surface area contributed by atoms with E-state index in [0.29, 0.717) is 50.7 Å². The van der Waals surface area contributed by atoms with Crippen molar-refractivity contribution in [2.24, 2.45) is 18.4 Å². The number of likely N-dealkylation sites (N-methyl/N-ethyl adjacent to an activating group) is 1. The highest BCUT2D eigenvalue weighted by Gasteiger charge is 2.43. The summed E-state index contributed by atoms with van der Waals surface area (Å²) in [6.45, 7) is 6.56. The Bertz CT molecular complexity index is 1050. The second-order valence-electron chi connectivity index (χ2n) is 11.1. The lowest BCUT2D eigenvalue weighted by Gasteiger charge is -2.42. The maximum atomic E-state index is 13.7. The number of piperidine rings is 1. The SMILES string of the molecule is CC(C)Cc1cc(C(=O)N2CCC3(CCCCCc4ccccc4OCCN(C)C3=O)CC2)n(C)n1. The number of carbonyl (C=O) groups excluding carboxylic acids is 2. The van der Waals surface area contributed by atoms with Gasteiger partial charge in [-0.25, -0.2) is 0 Å². The predicted octanol–water partition coefficient (Wildman–Crippen LogP) is 4.49. The molecule has 196 valence electrons. The standard InChI is InChI=1S/C29H42N4O3/c1-22(2)20-24-21-25(32(4)30-24)27(34)33-16-14-29(15-17-33)13-9-5-6-10-23-11-7-8-12-26(23)36-19-18-31(3)28(29)35/h7-8,11-12,21-22H,5-6,9-10,13-20H2,1-4H3. The fourth-order valence-corrected chi connectivity index (χ4v) is 5.72. The molecule has 1 aromatic heterocycles. The van der Waals surface area contributed by atoms with Gasteiger partial charge in [0.15, 0.2) is 0 Å². The van der Waals surface area contributed by atoms with Crippen molar-refractivity contribution >= 4 is 11.8 Å². The Balaban J connectivity index is 1.43. The Labute approximate surface area is 215 Å².